The first kappa shape index (κ1) is 15.9. The van der Waals surface area contributed by atoms with Crippen molar-refractivity contribution in [3.05, 3.63) is 0 Å². The van der Waals surface area contributed by atoms with E-state index in [-0.39, 0.29) is 0 Å². The average molecular weight is 255 g/mol. The standard InChI is InChI=1S/C15H33N3/c1-12(2)15(11-17(5)6)18-8-7-14(10-18)9-16-13(3)4/h12-16H,7-11H2,1-6H3. The Balaban J connectivity index is 2.42. The normalized spacial score (nSPS) is 23.5. The summed E-state index contributed by atoms with van der Waals surface area (Å²) in [5.74, 6) is 1.58. The van der Waals surface area contributed by atoms with Crippen molar-refractivity contribution in [1.82, 2.24) is 15.1 Å². The fraction of sp³-hybridized carbons (Fsp3) is 1.00. The Morgan fingerprint density at radius 2 is 1.89 bits per heavy atom. The minimum absolute atomic E-state index is 0.613. The maximum absolute atomic E-state index is 3.58. The van der Waals surface area contributed by atoms with Crippen LogP contribution in [-0.2, 0) is 0 Å². The van der Waals surface area contributed by atoms with E-state index in [2.05, 4.69) is 56.9 Å². The Kier molecular flexibility index (Phi) is 6.61. The number of hydrogen-bond donors (Lipinski definition) is 1. The van der Waals surface area contributed by atoms with Gasteiger partial charge >= 0.3 is 0 Å². The first-order valence-corrected chi connectivity index (χ1v) is 7.52. The molecule has 1 aliphatic rings. The van der Waals surface area contributed by atoms with Gasteiger partial charge in [0.15, 0.2) is 0 Å². The van der Waals surface area contributed by atoms with Gasteiger partial charge in [-0.2, -0.15) is 0 Å². The SMILES string of the molecule is CC(C)NCC1CCN(C(CN(C)C)C(C)C)C1. The average Bonchev–Trinajstić information content (AvgIpc) is 2.70. The van der Waals surface area contributed by atoms with Crippen LogP contribution in [0.5, 0.6) is 0 Å². The Labute approximate surface area is 114 Å². The smallest absolute Gasteiger partial charge is 0.0246 e. The fourth-order valence-corrected chi connectivity index (χ4v) is 2.85. The van der Waals surface area contributed by atoms with Crippen molar-refractivity contribution in [3.8, 4) is 0 Å². The van der Waals surface area contributed by atoms with Crippen LogP contribution in [0.15, 0.2) is 0 Å². The van der Waals surface area contributed by atoms with Crippen LogP contribution in [0.3, 0.4) is 0 Å². The molecule has 0 aromatic heterocycles. The topological polar surface area (TPSA) is 18.5 Å². The zero-order valence-corrected chi connectivity index (χ0v) is 13.2. The van der Waals surface area contributed by atoms with Crippen LogP contribution in [0.4, 0.5) is 0 Å². The van der Waals surface area contributed by atoms with E-state index in [0.717, 1.165) is 11.8 Å². The van der Waals surface area contributed by atoms with Crippen LogP contribution >= 0.6 is 0 Å². The summed E-state index contributed by atoms with van der Waals surface area (Å²) in [6.07, 6.45) is 1.36. The van der Waals surface area contributed by atoms with Gasteiger partial charge in [0.2, 0.25) is 0 Å². The molecular formula is C15H33N3. The summed E-state index contributed by atoms with van der Waals surface area (Å²) in [6.45, 7) is 14.1. The first-order valence-electron chi connectivity index (χ1n) is 7.52. The molecule has 0 saturated carbocycles. The van der Waals surface area contributed by atoms with Gasteiger partial charge in [0.25, 0.3) is 0 Å². The highest BCUT2D eigenvalue weighted by atomic mass is 15.2. The molecule has 1 rings (SSSR count). The molecule has 1 N–H and O–H groups in total. The largest absolute Gasteiger partial charge is 0.314 e. The molecule has 18 heavy (non-hydrogen) atoms. The number of likely N-dealkylation sites (N-methyl/N-ethyl adjacent to an activating group) is 1. The van der Waals surface area contributed by atoms with Crippen LogP contribution < -0.4 is 5.32 Å². The molecule has 108 valence electrons. The highest BCUT2D eigenvalue weighted by Crippen LogP contribution is 2.22. The lowest BCUT2D eigenvalue weighted by atomic mass is 10.0. The van der Waals surface area contributed by atoms with E-state index in [1.165, 1.54) is 32.6 Å². The molecule has 1 fully saturated rings. The van der Waals surface area contributed by atoms with Gasteiger partial charge in [0.1, 0.15) is 0 Å². The zero-order valence-electron chi connectivity index (χ0n) is 13.2. The minimum atomic E-state index is 0.613. The Morgan fingerprint density at radius 1 is 1.22 bits per heavy atom. The van der Waals surface area contributed by atoms with Crippen LogP contribution in [0.2, 0.25) is 0 Å². The van der Waals surface area contributed by atoms with Gasteiger partial charge in [-0.1, -0.05) is 27.7 Å². The molecule has 0 spiro atoms. The Hall–Kier alpha value is -0.120. The Bertz CT molecular complexity index is 226. The maximum Gasteiger partial charge on any atom is 0.0246 e. The summed E-state index contributed by atoms with van der Waals surface area (Å²) in [7, 11) is 4.37. The molecule has 0 aromatic rings. The molecule has 3 heteroatoms. The number of hydrogen-bond acceptors (Lipinski definition) is 3. The summed E-state index contributed by atoms with van der Waals surface area (Å²) < 4.78 is 0. The van der Waals surface area contributed by atoms with E-state index < -0.39 is 0 Å². The van der Waals surface area contributed by atoms with E-state index in [9.17, 15) is 0 Å². The summed E-state index contributed by atoms with van der Waals surface area (Å²) in [4.78, 5) is 5.03. The fourth-order valence-electron chi connectivity index (χ4n) is 2.85. The lowest BCUT2D eigenvalue weighted by Crippen LogP contribution is -2.44. The third kappa shape index (κ3) is 5.25. The molecule has 3 nitrogen and oxygen atoms in total. The van der Waals surface area contributed by atoms with Gasteiger partial charge in [0.05, 0.1) is 0 Å². The first-order chi connectivity index (χ1) is 8.40. The highest BCUT2D eigenvalue weighted by molar-refractivity contribution is 4.85. The summed E-state index contributed by atoms with van der Waals surface area (Å²) >= 11 is 0. The van der Waals surface area contributed by atoms with E-state index in [1.54, 1.807) is 0 Å². The third-order valence-corrected chi connectivity index (χ3v) is 3.92. The van der Waals surface area contributed by atoms with Crippen molar-refractivity contribution in [2.24, 2.45) is 11.8 Å². The van der Waals surface area contributed by atoms with Gasteiger partial charge in [-0.15, -0.1) is 0 Å². The monoisotopic (exact) mass is 255 g/mol. The molecule has 2 atom stereocenters. The minimum Gasteiger partial charge on any atom is -0.314 e. The van der Waals surface area contributed by atoms with E-state index in [1.807, 2.05) is 0 Å². The molecular weight excluding hydrogens is 222 g/mol. The predicted octanol–water partition coefficient (Wildman–Crippen LogP) is 1.89. The second-order valence-electron chi connectivity index (χ2n) is 6.79. The maximum atomic E-state index is 3.58. The molecule has 1 aliphatic heterocycles. The lowest BCUT2D eigenvalue weighted by molar-refractivity contribution is 0.147. The number of rotatable bonds is 7. The summed E-state index contributed by atoms with van der Waals surface area (Å²) in [6, 6.07) is 1.32. The van der Waals surface area contributed by atoms with E-state index in [0.29, 0.717) is 12.1 Å². The molecule has 0 amide bonds. The van der Waals surface area contributed by atoms with Crippen LogP contribution in [-0.4, -0.2) is 62.2 Å². The molecule has 0 aliphatic carbocycles. The molecule has 2 unspecified atom stereocenters. The number of likely N-dealkylation sites (tertiary alicyclic amines) is 1. The van der Waals surface area contributed by atoms with E-state index >= 15 is 0 Å². The van der Waals surface area contributed by atoms with Gasteiger partial charge in [-0.3, -0.25) is 4.90 Å². The van der Waals surface area contributed by atoms with E-state index in [4.69, 9.17) is 0 Å². The van der Waals surface area contributed by atoms with Crippen LogP contribution in [0.25, 0.3) is 0 Å². The number of nitrogens with one attached hydrogen (secondary N) is 1. The van der Waals surface area contributed by atoms with Gasteiger partial charge in [-0.05, 0) is 45.4 Å². The third-order valence-electron chi connectivity index (χ3n) is 3.92. The molecule has 0 bridgehead atoms. The molecule has 0 radical (unpaired) electrons. The lowest BCUT2D eigenvalue weighted by Gasteiger charge is -2.33. The van der Waals surface area contributed by atoms with Crippen molar-refractivity contribution >= 4 is 0 Å². The van der Waals surface area contributed by atoms with Crippen LogP contribution in [0, 0.1) is 11.8 Å². The van der Waals surface area contributed by atoms with Gasteiger partial charge in [-0.25, -0.2) is 0 Å². The summed E-state index contributed by atoms with van der Waals surface area (Å²) in [5, 5.41) is 3.58. The second kappa shape index (κ2) is 7.46. The zero-order chi connectivity index (χ0) is 13.7. The second-order valence-corrected chi connectivity index (χ2v) is 6.79. The van der Waals surface area contributed by atoms with Gasteiger partial charge < -0.3 is 10.2 Å². The van der Waals surface area contributed by atoms with Crippen molar-refractivity contribution in [2.75, 3.05) is 40.3 Å². The molecule has 1 heterocycles. The predicted molar refractivity (Wildman–Crippen MR) is 80.0 cm³/mol. The molecule has 1 saturated heterocycles. The van der Waals surface area contributed by atoms with Gasteiger partial charge in [0, 0.05) is 25.2 Å². The quantitative estimate of drug-likeness (QED) is 0.749. The summed E-state index contributed by atoms with van der Waals surface area (Å²) in [5.41, 5.74) is 0. The van der Waals surface area contributed by atoms with Crippen LogP contribution in [0.1, 0.15) is 34.1 Å². The van der Waals surface area contributed by atoms with Crippen molar-refractivity contribution in [1.29, 1.82) is 0 Å². The van der Waals surface area contributed by atoms with Crippen molar-refractivity contribution in [3.63, 3.8) is 0 Å². The Morgan fingerprint density at radius 3 is 2.39 bits per heavy atom. The van der Waals surface area contributed by atoms with Crippen molar-refractivity contribution in [2.45, 2.75) is 46.2 Å². The number of nitrogens with zero attached hydrogens (tertiary/aromatic N) is 2. The highest BCUT2D eigenvalue weighted by Gasteiger charge is 2.29. The molecule has 0 aromatic carbocycles. The van der Waals surface area contributed by atoms with Crippen molar-refractivity contribution < 1.29 is 0 Å².